The average Bonchev–Trinajstić information content (AvgIpc) is 2.43. The van der Waals surface area contributed by atoms with Crippen LogP contribution in [0.1, 0.15) is 33.1 Å². The molecule has 5 heteroatoms. The molecule has 0 saturated carbocycles. The van der Waals surface area contributed by atoms with E-state index in [1.165, 1.54) is 0 Å². The molecule has 0 aliphatic rings. The van der Waals surface area contributed by atoms with E-state index < -0.39 is 0 Å². The Balaban J connectivity index is 2.40. The third-order valence-electron chi connectivity index (χ3n) is 3.02. The molecule has 0 aliphatic carbocycles. The number of carbonyl (C=O) groups is 1. The molecule has 112 valence electrons. The minimum absolute atomic E-state index is 0.0679. The number of carbonyl (C=O) groups excluding carboxylic acids is 1. The van der Waals surface area contributed by atoms with Gasteiger partial charge in [-0.3, -0.25) is 4.79 Å². The molecular formula is C15H24N2O3. The minimum atomic E-state index is -0.0679. The Kier molecular flexibility index (Phi) is 6.87. The lowest BCUT2D eigenvalue weighted by atomic mass is 10.2. The molecule has 1 atom stereocenters. The lowest BCUT2D eigenvalue weighted by Crippen LogP contribution is -2.14. The van der Waals surface area contributed by atoms with Gasteiger partial charge < -0.3 is 20.5 Å². The number of benzene rings is 1. The normalized spacial score (nSPS) is 11.9. The largest absolute Gasteiger partial charge is 0.495 e. The molecule has 0 spiro atoms. The first-order chi connectivity index (χ1) is 9.56. The van der Waals surface area contributed by atoms with Gasteiger partial charge in [0, 0.05) is 18.7 Å². The molecule has 0 saturated heterocycles. The summed E-state index contributed by atoms with van der Waals surface area (Å²) >= 11 is 0. The second kappa shape index (κ2) is 8.43. The van der Waals surface area contributed by atoms with E-state index in [2.05, 4.69) is 12.2 Å². The smallest absolute Gasteiger partial charge is 0.224 e. The zero-order valence-corrected chi connectivity index (χ0v) is 12.4. The van der Waals surface area contributed by atoms with E-state index in [0.29, 0.717) is 36.6 Å². The molecule has 0 bridgehead atoms. The van der Waals surface area contributed by atoms with Gasteiger partial charge in [-0.15, -0.1) is 0 Å². The van der Waals surface area contributed by atoms with Crippen molar-refractivity contribution in [3.8, 4) is 5.75 Å². The summed E-state index contributed by atoms with van der Waals surface area (Å²) in [5, 5.41) is 2.80. The van der Waals surface area contributed by atoms with E-state index in [4.69, 9.17) is 15.2 Å². The van der Waals surface area contributed by atoms with E-state index in [9.17, 15) is 4.79 Å². The van der Waals surface area contributed by atoms with Crippen LogP contribution in [-0.2, 0) is 9.53 Å². The summed E-state index contributed by atoms with van der Waals surface area (Å²) in [6.45, 7) is 4.69. The van der Waals surface area contributed by atoms with E-state index in [1.807, 2.05) is 6.92 Å². The standard InChI is InChI=1S/C15H24N2O3/c1-4-11(2)20-9-5-6-15(18)17-13-10-12(16)7-8-14(13)19-3/h7-8,10-11H,4-6,9,16H2,1-3H3,(H,17,18). The van der Waals surface area contributed by atoms with E-state index in [1.54, 1.807) is 25.3 Å². The average molecular weight is 280 g/mol. The Morgan fingerprint density at radius 2 is 2.20 bits per heavy atom. The van der Waals surface area contributed by atoms with Crippen LogP contribution in [0, 0.1) is 0 Å². The van der Waals surface area contributed by atoms with Gasteiger partial charge in [0.15, 0.2) is 0 Å². The molecule has 1 rings (SSSR count). The highest BCUT2D eigenvalue weighted by Gasteiger charge is 2.08. The Labute approximate surface area is 120 Å². The molecule has 0 aliphatic heterocycles. The number of nitrogens with two attached hydrogens (primary N) is 1. The molecule has 1 aromatic carbocycles. The highest BCUT2D eigenvalue weighted by atomic mass is 16.5. The molecule has 5 nitrogen and oxygen atoms in total. The Hall–Kier alpha value is -1.75. The Morgan fingerprint density at radius 3 is 2.85 bits per heavy atom. The van der Waals surface area contributed by atoms with Crippen LogP contribution in [0.4, 0.5) is 11.4 Å². The van der Waals surface area contributed by atoms with Crippen molar-refractivity contribution in [2.75, 3.05) is 24.8 Å². The molecule has 1 unspecified atom stereocenters. The van der Waals surface area contributed by atoms with Gasteiger partial charge in [-0.05, 0) is 38.0 Å². The number of nitrogen functional groups attached to an aromatic ring is 1. The molecule has 1 amide bonds. The number of methoxy groups -OCH3 is 1. The topological polar surface area (TPSA) is 73.6 Å². The monoisotopic (exact) mass is 280 g/mol. The van der Waals surface area contributed by atoms with Gasteiger partial charge in [-0.1, -0.05) is 6.92 Å². The molecule has 0 heterocycles. The predicted molar refractivity (Wildman–Crippen MR) is 81.0 cm³/mol. The second-order valence-corrected chi connectivity index (χ2v) is 4.70. The van der Waals surface area contributed by atoms with Gasteiger partial charge in [0.25, 0.3) is 0 Å². The highest BCUT2D eigenvalue weighted by Crippen LogP contribution is 2.26. The maximum absolute atomic E-state index is 11.8. The third-order valence-corrected chi connectivity index (χ3v) is 3.02. The number of hydrogen-bond donors (Lipinski definition) is 2. The summed E-state index contributed by atoms with van der Waals surface area (Å²) in [4.78, 5) is 11.8. The fourth-order valence-electron chi connectivity index (χ4n) is 1.67. The molecule has 3 N–H and O–H groups in total. The molecule has 0 fully saturated rings. The number of hydrogen-bond acceptors (Lipinski definition) is 4. The van der Waals surface area contributed by atoms with Crippen molar-refractivity contribution in [1.29, 1.82) is 0 Å². The van der Waals surface area contributed by atoms with Gasteiger partial charge in [0.1, 0.15) is 5.75 Å². The van der Waals surface area contributed by atoms with Gasteiger partial charge in [0.2, 0.25) is 5.91 Å². The number of amides is 1. The first-order valence-electron chi connectivity index (χ1n) is 6.91. The van der Waals surface area contributed by atoms with Crippen molar-refractivity contribution in [2.24, 2.45) is 0 Å². The van der Waals surface area contributed by atoms with Crippen molar-refractivity contribution >= 4 is 17.3 Å². The van der Waals surface area contributed by atoms with Crippen molar-refractivity contribution in [1.82, 2.24) is 0 Å². The van der Waals surface area contributed by atoms with Crippen molar-refractivity contribution in [3.05, 3.63) is 18.2 Å². The van der Waals surface area contributed by atoms with Crippen molar-refractivity contribution in [2.45, 2.75) is 39.2 Å². The number of rotatable bonds is 8. The maximum Gasteiger partial charge on any atom is 0.224 e. The minimum Gasteiger partial charge on any atom is -0.495 e. The van der Waals surface area contributed by atoms with Crippen molar-refractivity contribution in [3.63, 3.8) is 0 Å². The summed E-state index contributed by atoms with van der Waals surface area (Å²) in [7, 11) is 1.56. The first-order valence-corrected chi connectivity index (χ1v) is 6.91. The fraction of sp³-hybridized carbons (Fsp3) is 0.533. The Bertz CT molecular complexity index is 435. The van der Waals surface area contributed by atoms with Crippen molar-refractivity contribution < 1.29 is 14.3 Å². The van der Waals surface area contributed by atoms with Crippen LogP contribution in [0.15, 0.2) is 18.2 Å². The molecule has 1 aromatic rings. The zero-order valence-electron chi connectivity index (χ0n) is 12.4. The summed E-state index contributed by atoms with van der Waals surface area (Å²) in [5.74, 6) is 0.532. The summed E-state index contributed by atoms with van der Waals surface area (Å²) < 4.78 is 10.7. The first kappa shape index (κ1) is 16.3. The maximum atomic E-state index is 11.8. The van der Waals surface area contributed by atoms with Gasteiger partial charge >= 0.3 is 0 Å². The van der Waals surface area contributed by atoms with Gasteiger partial charge in [-0.2, -0.15) is 0 Å². The number of nitrogens with one attached hydrogen (secondary N) is 1. The molecule has 0 radical (unpaired) electrons. The lowest BCUT2D eigenvalue weighted by Gasteiger charge is -2.12. The zero-order chi connectivity index (χ0) is 15.0. The summed E-state index contributed by atoms with van der Waals surface area (Å²) in [6, 6.07) is 5.15. The fourth-order valence-corrected chi connectivity index (χ4v) is 1.67. The third kappa shape index (κ3) is 5.48. The van der Waals surface area contributed by atoms with Crippen LogP contribution < -0.4 is 15.8 Å². The predicted octanol–water partition coefficient (Wildman–Crippen LogP) is 2.81. The van der Waals surface area contributed by atoms with Crippen LogP contribution in [-0.4, -0.2) is 25.7 Å². The van der Waals surface area contributed by atoms with Crippen LogP contribution in [0.2, 0.25) is 0 Å². The van der Waals surface area contributed by atoms with Crippen LogP contribution in [0.3, 0.4) is 0 Å². The molecule has 20 heavy (non-hydrogen) atoms. The summed E-state index contributed by atoms with van der Waals surface area (Å²) in [6.07, 6.45) is 2.33. The van der Waals surface area contributed by atoms with Crippen LogP contribution in [0.5, 0.6) is 5.75 Å². The van der Waals surface area contributed by atoms with Gasteiger partial charge in [0.05, 0.1) is 18.9 Å². The SMILES string of the molecule is CCC(C)OCCCC(=O)Nc1cc(N)ccc1OC. The van der Waals surface area contributed by atoms with E-state index in [-0.39, 0.29) is 12.0 Å². The Morgan fingerprint density at radius 1 is 1.45 bits per heavy atom. The number of ether oxygens (including phenoxy) is 2. The highest BCUT2D eigenvalue weighted by molar-refractivity contribution is 5.92. The molecular weight excluding hydrogens is 256 g/mol. The van der Waals surface area contributed by atoms with E-state index >= 15 is 0 Å². The quantitative estimate of drug-likeness (QED) is 0.567. The lowest BCUT2D eigenvalue weighted by molar-refractivity contribution is -0.116. The van der Waals surface area contributed by atoms with Gasteiger partial charge in [-0.25, -0.2) is 0 Å². The second-order valence-electron chi connectivity index (χ2n) is 4.70. The number of anilines is 2. The van der Waals surface area contributed by atoms with Crippen LogP contribution >= 0.6 is 0 Å². The van der Waals surface area contributed by atoms with E-state index in [0.717, 1.165) is 6.42 Å². The van der Waals surface area contributed by atoms with Crippen LogP contribution in [0.25, 0.3) is 0 Å². The molecule has 0 aromatic heterocycles. The summed E-state index contributed by atoms with van der Waals surface area (Å²) in [5.41, 5.74) is 6.88.